The number of hydrogen-bond acceptors (Lipinski definition) is 2. The lowest BCUT2D eigenvalue weighted by atomic mass is 10.1. The van der Waals surface area contributed by atoms with Crippen molar-refractivity contribution < 1.29 is 14.3 Å². The summed E-state index contributed by atoms with van der Waals surface area (Å²) in [5.74, 6) is -0.709. The lowest BCUT2D eigenvalue weighted by Gasteiger charge is -2.09. The molecule has 98 valence electrons. The van der Waals surface area contributed by atoms with Crippen molar-refractivity contribution in [3.63, 3.8) is 0 Å². The molecule has 2 rings (SSSR count). The predicted octanol–water partition coefficient (Wildman–Crippen LogP) is 3.85. The summed E-state index contributed by atoms with van der Waals surface area (Å²) in [6, 6.07) is 8.69. The number of rotatable bonds is 2. The standard InChI is InChI=1S/C14H11BrFNO2/c1-8-6-11(15)12(16)7-13(8)17-14(19)9-2-4-10(18)5-3-9/h2-7,18H,1H3,(H,17,19). The minimum atomic E-state index is -0.438. The van der Waals surface area contributed by atoms with E-state index >= 15 is 0 Å². The number of phenols is 1. The Morgan fingerprint density at radius 3 is 2.53 bits per heavy atom. The van der Waals surface area contributed by atoms with Gasteiger partial charge in [0.25, 0.3) is 5.91 Å². The first-order valence-corrected chi connectivity index (χ1v) is 6.32. The van der Waals surface area contributed by atoms with Crippen LogP contribution in [0.3, 0.4) is 0 Å². The van der Waals surface area contributed by atoms with Crippen molar-refractivity contribution in [1.29, 1.82) is 0 Å². The predicted molar refractivity (Wildman–Crippen MR) is 74.9 cm³/mol. The molecule has 1 amide bonds. The number of carbonyl (C=O) groups is 1. The van der Waals surface area contributed by atoms with Crippen LogP contribution in [0.1, 0.15) is 15.9 Å². The van der Waals surface area contributed by atoms with Crippen molar-refractivity contribution >= 4 is 27.5 Å². The monoisotopic (exact) mass is 323 g/mol. The summed E-state index contributed by atoms with van der Waals surface area (Å²) in [5, 5.41) is 11.8. The molecule has 2 aromatic carbocycles. The van der Waals surface area contributed by atoms with Crippen molar-refractivity contribution in [2.45, 2.75) is 6.92 Å². The number of anilines is 1. The summed E-state index contributed by atoms with van der Waals surface area (Å²) in [4.78, 5) is 11.9. The van der Waals surface area contributed by atoms with Gasteiger partial charge in [-0.05, 0) is 64.8 Å². The number of phenolic OH excluding ortho intramolecular Hbond substituents is 1. The molecule has 0 bridgehead atoms. The Morgan fingerprint density at radius 2 is 1.89 bits per heavy atom. The third kappa shape index (κ3) is 3.12. The van der Waals surface area contributed by atoms with Crippen LogP contribution in [0.15, 0.2) is 40.9 Å². The summed E-state index contributed by atoms with van der Waals surface area (Å²) in [6.07, 6.45) is 0. The van der Waals surface area contributed by atoms with Gasteiger partial charge in [0.2, 0.25) is 0 Å². The first kappa shape index (κ1) is 13.5. The molecule has 0 saturated carbocycles. The molecule has 3 nitrogen and oxygen atoms in total. The van der Waals surface area contributed by atoms with E-state index in [2.05, 4.69) is 21.2 Å². The Hall–Kier alpha value is -1.88. The molecule has 0 aliphatic heterocycles. The van der Waals surface area contributed by atoms with Crippen LogP contribution < -0.4 is 5.32 Å². The van der Waals surface area contributed by atoms with E-state index < -0.39 is 5.82 Å². The zero-order valence-corrected chi connectivity index (χ0v) is 11.7. The van der Waals surface area contributed by atoms with Gasteiger partial charge in [-0.25, -0.2) is 4.39 Å². The first-order valence-electron chi connectivity index (χ1n) is 5.53. The maximum atomic E-state index is 13.4. The van der Waals surface area contributed by atoms with E-state index in [0.29, 0.717) is 15.7 Å². The van der Waals surface area contributed by atoms with Crippen LogP contribution in [-0.2, 0) is 0 Å². The minimum Gasteiger partial charge on any atom is -0.508 e. The highest BCUT2D eigenvalue weighted by molar-refractivity contribution is 9.10. The molecular weight excluding hydrogens is 313 g/mol. The van der Waals surface area contributed by atoms with E-state index in [1.165, 1.54) is 30.3 Å². The van der Waals surface area contributed by atoms with Gasteiger partial charge in [0.1, 0.15) is 11.6 Å². The van der Waals surface area contributed by atoms with Gasteiger partial charge in [0.05, 0.1) is 4.47 Å². The Labute approximate surface area is 118 Å². The highest BCUT2D eigenvalue weighted by Crippen LogP contribution is 2.24. The van der Waals surface area contributed by atoms with Crippen molar-refractivity contribution in [2.75, 3.05) is 5.32 Å². The van der Waals surface area contributed by atoms with Crippen LogP contribution in [0.4, 0.5) is 10.1 Å². The number of amides is 1. The summed E-state index contributed by atoms with van der Waals surface area (Å²) in [6.45, 7) is 1.77. The van der Waals surface area contributed by atoms with Gasteiger partial charge in [0, 0.05) is 11.3 Å². The van der Waals surface area contributed by atoms with Gasteiger partial charge in [-0.2, -0.15) is 0 Å². The molecule has 19 heavy (non-hydrogen) atoms. The number of hydrogen-bond donors (Lipinski definition) is 2. The first-order chi connectivity index (χ1) is 8.97. The molecule has 0 unspecified atom stereocenters. The molecule has 2 N–H and O–H groups in total. The highest BCUT2D eigenvalue weighted by atomic mass is 79.9. The fraction of sp³-hybridized carbons (Fsp3) is 0.0714. The Kier molecular flexibility index (Phi) is 3.85. The summed E-state index contributed by atoms with van der Waals surface area (Å²) in [5.41, 5.74) is 1.56. The van der Waals surface area contributed by atoms with E-state index in [0.717, 1.165) is 5.56 Å². The number of nitrogens with one attached hydrogen (secondary N) is 1. The quantitative estimate of drug-likeness (QED) is 0.881. The number of carbonyl (C=O) groups excluding carboxylic acids is 1. The van der Waals surface area contributed by atoms with Crippen LogP contribution in [0.25, 0.3) is 0 Å². The van der Waals surface area contributed by atoms with Crippen LogP contribution >= 0.6 is 15.9 Å². The van der Waals surface area contributed by atoms with Gasteiger partial charge in [-0.3, -0.25) is 4.79 Å². The van der Waals surface area contributed by atoms with Crippen molar-refractivity contribution in [3.05, 3.63) is 57.8 Å². The molecule has 0 aliphatic carbocycles. The molecule has 0 heterocycles. The maximum Gasteiger partial charge on any atom is 0.255 e. The molecule has 0 atom stereocenters. The molecule has 0 radical (unpaired) electrons. The van der Waals surface area contributed by atoms with E-state index in [4.69, 9.17) is 5.11 Å². The van der Waals surface area contributed by atoms with E-state index in [9.17, 15) is 9.18 Å². The molecule has 0 spiro atoms. The summed E-state index contributed by atoms with van der Waals surface area (Å²) >= 11 is 3.08. The van der Waals surface area contributed by atoms with Crippen molar-refractivity contribution in [1.82, 2.24) is 0 Å². The molecule has 0 aliphatic rings. The minimum absolute atomic E-state index is 0.0856. The zero-order chi connectivity index (χ0) is 14.0. The van der Waals surface area contributed by atoms with Crippen LogP contribution in [-0.4, -0.2) is 11.0 Å². The fourth-order valence-electron chi connectivity index (χ4n) is 1.59. The third-order valence-electron chi connectivity index (χ3n) is 2.64. The van der Waals surface area contributed by atoms with Gasteiger partial charge < -0.3 is 10.4 Å². The van der Waals surface area contributed by atoms with Crippen LogP contribution in [0.5, 0.6) is 5.75 Å². The Balaban J connectivity index is 2.24. The molecule has 0 saturated heterocycles. The van der Waals surface area contributed by atoms with E-state index in [1.807, 2.05) is 0 Å². The van der Waals surface area contributed by atoms with Crippen molar-refractivity contribution in [3.8, 4) is 5.75 Å². The lowest BCUT2D eigenvalue weighted by molar-refractivity contribution is 0.102. The van der Waals surface area contributed by atoms with Crippen LogP contribution in [0, 0.1) is 12.7 Å². The number of halogens is 2. The smallest absolute Gasteiger partial charge is 0.255 e. The Morgan fingerprint density at radius 1 is 1.26 bits per heavy atom. The average molecular weight is 324 g/mol. The van der Waals surface area contributed by atoms with E-state index in [1.54, 1.807) is 13.0 Å². The van der Waals surface area contributed by atoms with Crippen molar-refractivity contribution in [2.24, 2.45) is 0 Å². The summed E-state index contributed by atoms with van der Waals surface area (Å²) < 4.78 is 13.8. The summed E-state index contributed by atoms with van der Waals surface area (Å²) in [7, 11) is 0. The second-order valence-electron chi connectivity index (χ2n) is 4.08. The van der Waals surface area contributed by atoms with Gasteiger partial charge in [-0.1, -0.05) is 0 Å². The van der Waals surface area contributed by atoms with Crippen LogP contribution in [0.2, 0.25) is 0 Å². The Bertz CT molecular complexity index is 626. The average Bonchev–Trinajstić information content (AvgIpc) is 2.36. The number of benzene rings is 2. The fourth-order valence-corrected chi connectivity index (χ4v) is 2.05. The number of aromatic hydroxyl groups is 1. The molecular formula is C14H11BrFNO2. The normalized spacial score (nSPS) is 10.3. The molecule has 5 heteroatoms. The second-order valence-corrected chi connectivity index (χ2v) is 4.94. The molecule has 2 aromatic rings. The zero-order valence-electron chi connectivity index (χ0n) is 10.1. The SMILES string of the molecule is Cc1cc(Br)c(F)cc1NC(=O)c1ccc(O)cc1. The molecule has 0 aromatic heterocycles. The molecule has 0 fully saturated rings. The highest BCUT2D eigenvalue weighted by Gasteiger charge is 2.10. The van der Waals surface area contributed by atoms with Gasteiger partial charge in [0.15, 0.2) is 0 Å². The van der Waals surface area contributed by atoms with Gasteiger partial charge >= 0.3 is 0 Å². The maximum absolute atomic E-state index is 13.4. The van der Waals surface area contributed by atoms with Gasteiger partial charge in [-0.15, -0.1) is 0 Å². The largest absolute Gasteiger partial charge is 0.508 e. The topological polar surface area (TPSA) is 49.3 Å². The lowest BCUT2D eigenvalue weighted by Crippen LogP contribution is -2.12. The number of aryl methyl sites for hydroxylation is 1. The third-order valence-corrected chi connectivity index (χ3v) is 3.25. The van der Waals surface area contributed by atoms with E-state index in [-0.39, 0.29) is 11.7 Å². The second kappa shape index (κ2) is 5.40.